The zero-order valence-electron chi connectivity index (χ0n) is 18.4. The highest BCUT2D eigenvalue weighted by Crippen LogP contribution is 2.43. The predicted octanol–water partition coefficient (Wildman–Crippen LogP) is 9.26. The Hall–Kier alpha value is -0.783. The number of aromatic hydroxyl groups is 1. The van der Waals surface area contributed by atoms with Crippen LogP contribution in [0.5, 0.6) is 17.2 Å². The molecule has 3 nitrogen and oxygen atoms in total. The standard InChI is InChI=1S/C15H24Cl2OSi.C7H6Cl2O2/c1-10(2)19(11(3)4,12(5)6)18-15-8-13(16)7-14(17)9-15;1-11-7-5(8)2-4(10)3-6(7)9/h7-12H,1-6H3;2-3,10H,1H3. The highest BCUT2D eigenvalue weighted by atomic mass is 35.5. The summed E-state index contributed by atoms with van der Waals surface area (Å²) in [6.45, 7) is 13.6. The number of ether oxygens (including phenoxy) is 1. The smallest absolute Gasteiger partial charge is 0.258 e. The van der Waals surface area contributed by atoms with Crippen LogP contribution in [0.1, 0.15) is 41.5 Å². The summed E-state index contributed by atoms with van der Waals surface area (Å²) in [7, 11) is -0.469. The minimum Gasteiger partial charge on any atom is -0.543 e. The second-order valence-electron chi connectivity index (χ2n) is 7.97. The molecule has 1 N–H and O–H groups in total. The van der Waals surface area contributed by atoms with Crippen molar-refractivity contribution >= 4 is 54.7 Å². The third-order valence-corrected chi connectivity index (χ3v) is 12.0. The van der Waals surface area contributed by atoms with E-state index < -0.39 is 8.32 Å². The van der Waals surface area contributed by atoms with E-state index in [1.54, 1.807) is 6.07 Å². The molecule has 0 fully saturated rings. The first kappa shape index (κ1) is 27.3. The number of rotatable bonds is 6. The molecule has 0 radical (unpaired) electrons. The minimum atomic E-state index is -1.93. The van der Waals surface area contributed by atoms with Crippen molar-refractivity contribution in [2.75, 3.05) is 7.11 Å². The predicted molar refractivity (Wildman–Crippen MR) is 133 cm³/mol. The average Bonchev–Trinajstić information content (AvgIpc) is 2.58. The van der Waals surface area contributed by atoms with E-state index in [9.17, 15) is 0 Å². The van der Waals surface area contributed by atoms with Crippen LogP contribution in [0.4, 0.5) is 0 Å². The summed E-state index contributed by atoms with van der Waals surface area (Å²) in [6.07, 6.45) is 0. The van der Waals surface area contributed by atoms with Gasteiger partial charge in [0.05, 0.1) is 17.2 Å². The van der Waals surface area contributed by atoms with E-state index >= 15 is 0 Å². The Morgan fingerprint density at radius 3 is 1.47 bits per heavy atom. The van der Waals surface area contributed by atoms with Gasteiger partial charge in [0.2, 0.25) is 0 Å². The summed E-state index contributed by atoms with van der Waals surface area (Å²) >= 11 is 23.5. The summed E-state index contributed by atoms with van der Waals surface area (Å²) in [5.41, 5.74) is 1.60. The average molecular weight is 512 g/mol. The molecule has 0 atom stereocenters. The first-order valence-corrected chi connectivity index (χ1v) is 13.4. The van der Waals surface area contributed by atoms with E-state index in [1.807, 2.05) is 12.1 Å². The van der Waals surface area contributed by atoms with Crippen molar-refractivity contribution in [1.29, 1.82) is 0 Å². The monoisotopic (exact) mass is 510 g/mol. The molecule has 168 valence electrons. The molecule has 0 aliphatic carbocycles. The van der Waals surface area contributed by atoms with Crippen molar-refractivity contribution in [2.24, 2.45) is 0 Å². The van der Waals surface area contributed by atoms with Crippen molar-refractivity contribution < 1.29 is 14.3 Å². The molecule has 30 heavy (non-hydrogen) atoms. The molecule has 2 aromatic carbocycles. The molecule has 0 saturated heterocycles. The molecule has 0 unspecified atom stereocenters. The third-order valence-electron chi connectivity index (χ3n) is 5.02. The van der Waals surface area contributed by atoms with Gasteiger partial charge in [-0.2, -0.15) is 0 Å². The van der Waals surface area contributed by atoms with Crippen LogP contribution in [0, 0.1) is 0 Å². The van der Waals surface area contributed by atoms with E-state index in [-0.39, 0.29) is 5.75 Å². The largest absolute Gasteiger partial charge is 0.543 e. The molecule has 0 saturated carbocycles. The fraction of sp³-hybridized carbons (Fsp3) is 0.455. The normalized spacial score (nSPS) is 11.5. The quantitative estimate of drug-likeness (QED) is 0.392. The van der Waals surface area contributed by atoms with Crippen LogP contribution < -0.4 is 9.16 Å². The Labute approximate surface area is 201 Å². The molecule has 2 aromatic rings. The molecule has 0 spiro atoms. The maximum Gasteiger partial charge on any atom is 0.258 e. The number of phenols is 1. The number of phenolic OH excluding ortho intramolecular Hbond substituents is 1. The van der Waals surface area contributed by atoms with Gasteiger partial charge in [0.25, 0.3) is 8.32 Å². The Morgan fingerprint density at radius 1 is 0.733 bits per heavy atom. The first-order chi connectivity index (χ1) is 13.8. The molecule has 0 aliphatic rings. The molecule has 0 heterocycles. The van der Waals surface area contributed by atoms with E-state index in [4.69, 9.17) is 60.7 Å². The van der Waals surface area contributed by atoms with E-state index in [0.717, 1.165) is 5.75 Å². The SMILES string of the molecule is CC(C)[Si](Oc1cc(Cl)cc(Cl)c1)(C(C)C)C(C)C.COc1c(Cl)cc(O)cc1Cl. The maximum atomic E-state index is 8.99. The van der Waals surface area contributed by atoms with Gasteiger partial charge in [-0.3, -0.25) is 0 Å². The maximum absolute atomic E-state index is 8.99. The Morgan fingerprint density at radius 2 is 1.13 bits per heavy atom. The lowest BCUT2D eigenvalue weighted by Crippen LogP contribution is -2.50. The molecule has 0 bridgehead atoms. The van der Waals surface area contributed by atoms with E-state index in [0.29, 0.717) is 42.5 Å². The number of hydrogen-bond acceptors (Lipinski definition) is 3. The molecule has 0 amide bonds. The van der Waals surface area contributed by atoms with Gasteiger partial charge in [-0.15, -0.1) is 0 Å². The van der Waals surface area contributed by atoms with Gasteiger partial charge in [0.15, 0.2) is 5.75 Å². The summed E-state index contributed by atoms with van der Waals surface area (Å²) < 4.78 is 11.4. The molecule has 2 rings (SSSR count). The van der Waals surface area contributed by atoms with Crippen LogP contribution in [0.25, 0.3) is 0 Å². The highest BCUT2D eigenvalue weighted by molar-refractivity contribution is 6.78. The topological polar surface area (TPSA) is 38.7 Å². The van der Waals surface area contributed by atoms with Gasteiger partial charge in [0, 0.05) is 22.2 Å². The van der Waals surface area contributed by atoms with Gasteiger partial charge >= 0.3 is 0 Å². The van der Waals surface area contributed by atoms with Crippen molar-refractivity contribution in [3.63, 3.8) is 0 Å². The fourth-order valence-corrected chi connectivity index (χ4v) is 10.3. The van der Waals surface area contributed by atoms with Crippen LogP contribution in [0.3, 0.4) is 0 Å². The first-order valence-electron chi connectivity index (χ1n) is 9.72. The van der Waals surface area contributed by atoms with Gasteiger partial charge in [-0.05, 0) is 34.8 Å². The van der Waals surface area contributed by atoms with Crippen LogP contribution >= 0.6 is 46.4 Å². The molecule has 0 aliphatic heterocycles. The second-order valence-corrected chi connectivity index (χ2v) is 15.0. The van der Waals surface area contributed by atoms with Crippen LogP contribution in [-0.2, 0) is 0 Å². The van der Waals surface area contributed by atoms with Gasteiger partial charge in [0.1, 0.15) is 11.5 Å². The number of benzene rings is 2. The lowest BCUT2D eigenvalue weighted by atomic mass is 10.3. The van der Waals surface area contributed by atoms with Crippen molar-refractivity contribution in [3.05, 3.63) is 50.4 Å². The summed E-state index contributed by atoms with van der Waals surface area (Å²) in [4.78, 5) is 0. The Kier molecular flexibility index (Phi) is 10.7. The highest BCUT2D eigenvalue weighted by Gasteiger charge is 2.47. The van der Waals surface area contributed by atoms with E-state index in [2.05, 4.69) is 41.5 Å². The Balaban J connectivity index is 0.000000346. The fourth-order valence-electron chi connectivity index (χ4n) is 3.89. The molecular formula is C22H30Cl4O3Si. The molecule has 0 aromatic heterocycles. The zero-order valence-corrected chi connectivity index (χ0v) is 22.4. The van der Waals surface area contributed by atoms with Crippen LogP contribution in [0.2, 0.25) is 36.7 Å². The Bertz CT molecular complexity index is 776. The van der Waals surface area contributed by atoms with Crippen molar-refractivity contribution in [3.8, 4) is 17.2 Å². The van der Waals surface area contributed by atoms with E-state index in [1.165, 1.54) is 19.2 Å². The molecular weight excluding hydrogens is 482 g/mol. The van der Waals surface area contributed by atoms with Gasteiger partial charge in [-0.25, -0.2) is 0 Å². The van der Waals surface area contributed by atoms with Crippen molar-refractivity contribution in [2.45, 2.75) is 58.2 Å². The number of hydrogen-bond donors (Lipinski definition) is 1. The van der Waals surface area contributed by atoms with Gasteiger partial charge in [-0.1, -0.05) is 87.9 Å². The lowest BCUT2D eigenvalue weighted by Gasteiger charge is -2.42. The zero-order chi connectivity index (χ0) is 23.2. The molecule has 8 heteroatoms. The number of halogens is 4. The minimum absolute atomic E-state index is 0.0285. The second kappa shape index (κ2) is 11.7. The van der Waals surface area contributed by atoms with Crippen LogP contribution in [0.15, 0.2) is 30.3 Å². The summed E-state index contributed by atoms with van der Waals surface area (Å²) in [5.74, 6) is 1.22. The summed E-state index contributed by atoms with van der Waals surface area (Å²) in [6, 6.07) is 8.20. The number of methoxy groups -OCH3 is 1. The summed E-state index contributed by atoms with van der Waals surface area (Å²) in [5, 5.41) is 10.8. The lowest BCUT2D eigenvalue weighted by molar-refractivity contribution is 0.413. The van der Waals surface area contributed by atoms with Crippen LogP contribution in [-0.4, -0.2) is 20.5 Å². The third kappa shape index (κ3) is 6.86. The van der Waals surface area contributed by atoms with Crippen molar-refractivity contribution in [1.82, 2.24) is 0 Å². The van der Waals surface area contributed by atoms with Gasteiger partial charge < -0.3 is 14.3 Å².